The molecule has 0 saturated heterocycles. The molecule has 22 heavy (non-hydrogen) atoms. The Hall–Kier alpha value is -2.53. The molecule has 4 nitrogen and oxygen atoms in total. The summed E-state index contributed by atoms with van der Waals surface area (Å²) < 4.78 is 67.2. The molecule has 0 heterocycles. The number of benzene rings is 2. The Balaban J connectivity index is 2.44. The number of hydrogen-bond acceptors (Lipinski definition) is 4. The van der Waals surface area contributed by atoms with Gasteiger partial charge in [-0.3, -0.25) is 0 Å². The van der Waals surface area contributed by atoms with Crippen molar-refractivity contribution < 1.29 is 25.8 Å². The highest BCUT2D eigenvalue weighted by Crippen LogP contribution is 2.37. The van der Waals surface area contributed by atoms with Crippen molar-refractivity contribution in [2.24, 2.45) is 0 Å². The minimum atomic E-state index is -4.75. The highest BCUT2D eigenvalue weighted by molar-refractivity contribution is 7.87. The molecular formula is C14H8F3NO3S. The van der Waals surface area contributed by atoms with Crippen LogP contribution in [-0.4, -0.2) is 8.42 Å². The second kappa shape index (κ2) is 5.69. The van der Waals surface area contributed by atoms with E-state index in [9.17, 15) is 21.6 Å². The van der Waals surface area contributed by atoms with E-state index in [2.05, 4.69) is 4.18 Å². The minimum Gasteiger partial charge on any atom is -0.378 e. The molecule has 8 heteroatoms. The smallest absolute Gasteiger partial charge is 0.378 e. The third kappa shape index (κ3) is 3.38. The maximum atomic E-state index is 12.8. The molecule has 0 unspecified atom stereocenters. The first kappa shape index (κ1) is 15.9. The number of hydrogen-bond donors (Lipinski definition) is 0. The van der Waals surface area contributed by atoms with Gasteiger partial charge in [0.1, 0.15) is 4.90 Å². The number of alkyl halides is 3. The van der Waals surface area contributed by atoms with Crippen molar-refractivity contribution >= 4 is 10.1 Å². The van der Waals surface area contributed by atoms with Crippen LogP contribution in [0.2, 0.25) is 0 Å². The summed E-state index contributed by atoms with van der Waals surface area (Å²) >= 11 is 0. The summed E-state index contributed by atoms with van der Waals surface area (Å²) in [5.74, 6) is -0.822. The zero-order chi connectivity index (χ0) is 16.4. The van der Waals surface area contributed by atoms with E-state index in [1.165, 1.54) is 18.2 Å². The van der Waals surface area contributed by atoms with Crippen LogP contribution in [0.3, 0.4) is 0 Å². The first-order chi connectivity index (χ1) is 10.2. The van der Waals surface area contributed by atoms with Gasteiger partial charge in [0.05, 0.1) is 17.2 Å². The zero-order valence-corrected chi connectivity index (χ0v) is 11.6. The average Bonchev–Trinajstić information content (AvgIpc) is 2.46. The lowest BCUT2D eigenvalue weighted by molar-refractivity contribution is -0.138. The molecule has 0 fully saturated rings. The Labute approximate surface area is 124 Å². The number of para-hydroxylation sites is 1. The second-order valence-electron chi connectivity index (χ2n) is 4.17. The SMILES string of the molecule is N#Cc1cccc(S(=O)(=O)Oc2ccccc2C(F)(F)F)c1. The molecule has 0 aromatic heterocycles. The van der Waals surface area contributed by atoms with Crippen molar-refractivity contribution in [1.82, 2.24) is 0 Å². The molecule has 2 aromatic carbocycles. The number of nitrogens with zero attached hydrogens (tertiary/aromatic N) is 1. The molecule has 0 aliphatic rings. The Morgan fingerprint density at radius 2 is 1.73 bits per heavy atom. The number of halogens is 3. The summed E-state index contributed by atoms with van der Waals surface area (Å²) in [5.41, 5.74) is -1.15. The molecule has 2 aromatic rings. The van der Waals surface area contributed by atoms with Crippen molar-refractivity contribution in [2.45, 2.75) is 11.1 Å². The van der Waals surface area contributed by atoms with Crippen LogP contribution in [0.1, 0.15) is 11.1 Å². The van der Waals surface area contributed by atoms with Gasteiger partial charge in [0.25, 0.3) is 0 Å². The van der Waals surface area contributed by atoms with Crippen molar-refractivity contribution in [3.63, 3.8) is 0 Å². The molecule has 0 N–H and O–H groups in total. The third-order valence-corrected chi connectivity index (χ3v) is 3.87. The Kier molecular flexibility index (Phi) is 4.10. The highest BCUT2D eigenvalue weighted by atomic mass is 32.2. The lowest BCUT2D eigenvalue weighted by atomic mass is 10.2. The summed E-state index contributed by atoms with van der Waals surface area (Å²) in [4.78, 5) is -0.400. The molecule has 2 rings (SSSR count). The molecule has 0 atom stereocenters. The minimum absolute atomic E-state index is 0.0498. The molecular weight excluding hydrogens is 319 g/mol. The lowest BCUT2D eigenvalue weighted by Crippen LogP contribution is -2.14. The Morgan fingerprint density at radius 3 is 2.36 bits per heavy atom. The van der Waals surface area contributed by atoms with Crippen LogP contribution in [0.25, 0.3) is 0 Å². The summed E-state index contributed by atoms with van der Waals surface area (Å²) in [6.07, 6.45) is -4.75. The van der Waals surface area contributed by atoms with Crippen LogP contribution >= 0.6 is 0 Å². The van der Waals surface area contributed by atoms with Crippen molar-refractivity contribution in [3.8, 4) is 11.8 Å². The van der Waals surface area contributed by atoms with Gasteiger partial charge >= 0.3 is 16.3 Å². The maximum absolute atomic E-state index is 12.8. The fraction of sp³-hybridized carbons (Fsp3) is 0.0714. The van der Waals surface area contributed by atoms with E-state index < -0.39 is 32.5 Å². The highest BCUT2D eigenvalue weighted by Gasteiger charge is 2.35. The van der Waals surface area contributed by atoms with E-state index in [-0.39, 0.29) is 5.56 Å². The molecule has 0 bridgehead atoms. The first-order valence-electron chi connectivity index (χ1n) is 5.85. The Morgan fingerprint density at radius 1 is 1.05 bits per heavy atom. The predicted octanol–water partition coefficient (Wildman–Crippen LogP) is 3.34. The maximum Gasteiger partial charge on any atom is 0.420 e. The molecule has 0 spiro atoms. The number of rotatable bonds is 3. The van der Waals surface area contributed by atoms with Gasteiger partial charge in [-0.05, 0) is 30.3 Å². The number of nitriles is 1. The quantitative estimate of drug-likeness (QED) is 0.811. The van der Waals surface area contributed by atoms with Gasteiger partial charge in [0.2, 0.25) is 0 Å². The van der Waals surface area contributed by atoms with Gasteiger partial charge in [-0.1, -0.05) is 18.2 Å². The van der Waals surface area contributed by atoms with Gasteiger partial charge < -0.3 is 4.18 Å². The fourth-order valence-corrected chi connectivity index (χ4v) is 2.66. The molecule has 114 valence electrons. The van der Waals surface area contributed by atoms with Gasteiger partial charge in [-0.2, -0.15) is 26.9 Å². The van der Waals surface area contributed by atoms with Crippen LogP contribution in [-0.2, 0) is 16.3 Å². The van der Waals surface area contributed by atoms with Crippen molar-refractivity contribution in [2.75, 3.05) is 0 Å². The third-order valence-electron chi connectivity index (χ3n) is 2.64. The monoisotopic (exact) mass is 327 g/mol. The topological polar surface area (TPSA) is 67.2 Å². The molecule has 0 saturated carbocycles. The van der Waals surface area contributed by atoms with Crippen LogP contribution in [0.5, 0.6) is 5.75 Å². The van der Waals surface area contributed by atoms with E-state index >= 15 is 0 Å². The summed E-state index contributed by atoms with van der Waals surface area (Å²) in [6.45, 7) is 0. The lowest BCUT2D eigenvalue weighted by Gasteiger charge is -2.13. The summed E-state index contributed by atoms with van der Waals surface area (Å²) in [6, 6.07) is 10.5. The second-order valence-corrected chi connectivity index (χ2v) is 5.72. The predicted molar refractivity (Wildman–Crippen MR) is 70.4 cm³/mol. The zero-order valence-electron chi connectivity index (χ0n) is 10.8. The van der Waals surface area contributed by atoms with E-state index in [1.54, 1.807) is 6.07 Å². The average molecular weight is 327 g/mol. The summed E-state index contributed by atoms with van der Waals surface area (Å²) in [5, 5.41) is 8.73. The van der Waals surface area contributed by atoms with E-state index in [4.69, 9.17) is 5.26 Å². The van der Waals surface area contributed by atoms with Crippen LogP contribution in [0.15, 0.2) is 53.4 Å². The first-order valence-corrected chi connectivity index (χ1v) is 7.26. The molecule has 0 aliphatic carbocycles. The standard InChI is InChI=1S/C14H8F3NO3S/c15-14(16,17)12-6-1-2-7-13(12)21-22(19,20)11-5-3-4-10(8-11)9-18/h1-8H. The molecule has 0 amide bonds. The molecule has 0 radical (unpaired) electrons. The normalized spacial score (nSPS) is 11.7. The van der Waals surface area contributed by atoms with Crippen LogP contribution < -0.4 is 4.18 Å². The van der Waals surface area contributed by atoms with Crippen LogP contribution in [0, 0.1) is 11.3 Å². The van der Waals surface area contributed by atoms with Crippen LogP contribution in [0.4, 0.5) is 13.2 Å². The van der Waals surface area contributed by atoms with Gasteiger partial charge in [0.15, 0.2) is 5.75 Å². The largest absolute Gasteiger partial charge is 0.420 e. The van der Waals surface area contributed by atoms with E-state index in [0.29, 0.717) is 0 Å². The van der Waals surface area contributed by atoms with Gasteiger partial charge in [-0.15, -0.1) is 0 Å². The van der Waals surface area contributed by atoms with E-state index in [1.807, 2.05) is 0 Å². The fourth-order valence-electron chi connectivity index (χ4n) is 1.66. The molecule has 0 aliphatic heterocycles. The summed E-state index contributed by atoms with van der Waals surface area (Å²) in [7, 11) is -4.48. The van der Waals surface area contributed by atoms with E-state index in [0.717, 1.165) is 30.3 Å². The van der Waals surface area contributed by atoms with Crippen molar-refractivity contribution in [3.05, 3.63) is 59.7 Å². The van der Waals surface area contributed by atoms with Crippen molar-refractivity contribution in [1.29, 1.82) is 5.26 Å². The van der Waals surface area contributed by atoms with Gasteiger partial charge in [0, 0.05) is 0 Å². The van der Waals surface area contributed by atoms with Gasteiger partial charge in [-0.25, -0.2) is 0 Å². The Bertz CT molecular complexity index is 839.